The number of anilines is 1. The molecule has 2 rings (SSSR count). The van der Waals surface area contributed by atoms with Crippen molar-refractivity contribution in [2.75, 3.05) is 11.4 Å². The van der Waals surface area contributed by atoms with E-state index in [1.54, 1.807) is 0 Å². The van der Waals surface area contributed by atoms with Gasteiger partial charge in [-0.2, -0.15) is 0 Å². The predicted molar refractivity (Wildman–Crippen MR) is 72.6 cm³/mol. The average molecular weight is 254 g/mol. The quantitative estimate of drug-likeness (QED) is 0.869. The fraction of sp³-hybridized carbons (Fsp3) is 0.571. The van der Waals surface area contributed by atoms with Crippen LogP contribution in [0.15, 0.2) is 18.2 Å². The van der Waals surface area contributed by atoms with E-state index in [0.717, 1.165) is 28.7 Å². The van der Waals surface area contributed by atoms with Crippen molar-refractivity contribution in [2.45, 2.75) is 39.3 Å². The summed E-state index contributed by atoms with van der Waals surface area (Å²) in [5.74, 6) is 0.839. The molecule has 0 saturated heterocycles. The van der Waals surface area contributed by atoms with Gasteiger partial charge in [0.05, 0.1) is 17.3 Å². The minimum atomic E-state index is 0.0459. The molecular weight excluding hydrogens is 234 g/mol. The fourth-order valence-corrected chi connectivity index (χ4v) is 2.36. The van der Waals surface area contributed by atoms with Gasteiger partial charge in [0.25, 0.3) is 0 Å². The number of halogens is 1. The summed E-state index contributed by atoms with van der Waals surface area (Å²) in [5.41, 5.74) is 1.96. The van der Waals surface area contributed by atoms with E-state index in [1.165, 1.54) is 12.8 Å². The lowest BCUT2D eigenvalue weighted by Gasteiger charge is -2.30. The van der Waals surface area contributed by atoms with Gasteiger partial charge in [0.2, 0.25) is 0 Å². The number of rotatable bonds is 5. The average Bonchev–Trinajstić information content (AvgIpc) is 3.10. The van der Waals surface area contributed by atoms with Crippen LogP contribution < -0.4 is 4.90 Å². The molecule has 1 fully saturated rings. The van der Waals surface area contributed by atoms with Crippen LogP contribution in [0, 0.1) is 5.92 Å². The van der Waals surface area contributed by atoms with Crippen molar-refractivity contribution in [3.8, 4) is 0 Å². The Kier molecular flexibility index (Phi) is 3.95. The third-order valence-corrected chi connectivity index (χ3v) is 3.58. The Balaban J connectivity index is 2.21. The molecule has 0 bridgehead atoms. The summed E-state index contributed by atoms with van der Waals surface area (Å²) < 4.78 is 0. The van der Waals surface area contributed by atoms with Crippen molar-refractivity contribution in [3.05, 3.63) is 28.8 Å². The summed E-state index contributed by atoms with van der Waals surface area (Å²) in [5, 5.41) is 9.83. The largest absolute Gasteiger partial charge is 0.392 e. The molecule has 0 heterocycles. The number of hydrogen-bond acceptors (Lipinski definition) is 2. The first-order valence-electron chi connectivity index (χ1n) is 6.27. The van der Waals surface area contributed by atoms with E-state index in [0.29, 0.717) is 6.04 Å². The monoisotopic (exact) mass is 253 g/mol. The van der Waals surface area contributed by atoms with Gasteiger partial charge in [0.1, 0.15) is 0 Å². The van der Waals surface area contributed by atoms with Crippen LogP contribution in [0.25, 0.3) is 0 Å². The fourth-order valence-electron chi connectivity index (χ4n) is 2.05. The van der Waals surface area contributed by atoms with Gasteiger partial charge in [-0.3, -0.25) is 0 Å². The Hall–Kier alpha value is -0.730. The summed E-state index contributed by atoms with van der Waals surface area (Å²) in [6, 6.07) is 6.28. The Labute approximate surface area is 108 Å². The third kappa shape index (κ3) is 3.14. The molecule has 0 amide bonds. The first kappa shape index (κ1) is 12.7. The molecule has 0 aromatic heterocycles. The molecule has 2 nitrogen and oxygen atoms in total. The van der Waals surface area contributed by atoms with Crippen molar-refractivity contribution in [1.82, 2.24) is 0 Å². The minimum absolute atomic E-state index is 0.0459. The van der Waals surface area contributed by atoms with Gasteiger partial charge >= 0.3 is 0 Å². The molecule has 1 aliphatic rings. The SMILES string of the molecule is CC(C)N(CC1CC1)c1ccc(CO)cc1Cl. The molecule has 1 aliphatic carbocycles. The second kappa shape index (κ2) is 5.28. The Bertz CT molecular complexity index is 388. The van der Waals surface area contributed by atoms with Gasteiger partial charge in [-0.05, 0) is 50.3 Å². The van der Waals surface area contributed by atoms with Gasteiger partial charge in [0.15, 0.2) is 0 Å². The third-order valence-electron chi connectivity index (χ3n) is 3.28. The normalized spacial score (nSPS) is 15.4. The Morgan fingerprint density at radius 3 is 2.59 bits per heavy atom. The van der Waals surface area contributed by atoms with Crippen LogP contribution in [-0.2, 0) is 6.61 Å². The van der Waals surface area contributed by atoms with E-state index in [-0.39, 0.29) is 6.61 Å². The molecule has 94 valence electrons. The minimum Gasteiger partial charge on any atom is -0.392 e. The van der Waals surface area contributed by atoms with E-state index in [9.17, 15) is 0 Å². The summed E-state index contributed by atoms with van der Waals surface area (Å²) in [6.45, 7) is 5.53. The summed E-state index contributed by atoms with van der Waals surface area (Å²) in [7, 11) is 0. The Morgan fingerprint density at radius 2 is 2.12 bits per heavy atom. The first-order chi connectivity index (χ1) is 8.11. The maximum Gasteiger partial charge on any atom is 0.0682 e. The van der Waals surface area contributed by atoms with E-state index in [1.807, 2.05) is 18.2 Å². The molecule has 17 heavy (non-hydrogen) atoms. The molecular formula is C14H20ClNO. The number of aliphatic hydroxyl groups excluding tert-OH is 1. The molecule has 0 radical (unpaired) electrons. The van der Waals surface area contributed by atoms with Crippen LogP contribution in [-0.4, -0.2) is 17.7 Å². The lowest BCUT2D eigenvalue weighted by atomic mass is 10.1. The lowest BCUT2D eigenvalue weighted by molar-refractivity contribution is 0.282. The van der Waals surface area contributed by atoms with Crippen LogP contribution in [0.4, 0.5) is 5.69 Å². The zero-order valence-electron chi connectivity index (χ0n) is 10.5. The van der Waals surface area contributed by atoms with Crippen LogP contribution in [0.3, 0.4) is 0 Å². The van der Waals surface area contributed by atoms with Gasteiger partial charge < -0.3 is 10.0 Å². The van der Waals surface area contributed by atoms with Crippen LogP contribution >= 0.6 is 11.6 Å². The van der Waals surface area contributed by atoms with Crippen LogP contribution in [0.2, 0.25) is 5.02 Å². The van der Waals surface area contributed by atoms with Crippen molar-refractivity contribution in [1.29, 1.82) is 0 Å². The zero-order valence-corrected chi connectivity index (χ0v) is 11.2. The van der Waals surface area contributed by atoms with E-state index >= 15 is 0 Å². The highest BCUT2D eigenvalue weighted by atomic mass is 35.5. The molecule has 1 aromatic rings. The summed E-state index contributed by atoms with van der Waals surface area (Å²) >= 11 is 6.30. The van der Waals surface area contributed by atoms with Crippen molar-refractivity contribution in [3.63, 3.8) is 0 Å². The number of aliphatic hydroxyl groups is 1. The van der Waals surface area contributed by atoms with Gasteiger partial charge in [-0.15, -0.1) is 0 Å². The van der Waals surface area contributed by atoms with Gasteiger partial charge in [-0.25, -0.2) is 0 Å². The predicted octanol–water partition coefficient (Wildman–Crippen LogP) is 3.46. The van der Waals surface area contributed by atoms with E-state index in [2.05, 4.69) is 18.7 Å². The molecule has 3 heteroatoms. The highest BCUT2D eigenvalue weighted by Crippen LogP contribution is 2.35. The smallest absolute Gasteiger partial charge is 0.0682 e. The van der Waals surface area contributed by atoms with Crippen molar-refractivity contribution in [2.24, 2.45) is 5.92 Å². The molecule has 0 aliphatic heterocycles. The second-order valence-corrected chi connectivity index (χ2v) is 5.54. The second-order valence-electron chi connectivity index (χ2n) is 5.13. The standard InChI is InChI=1S/C14H20ClNO/c1-10(2)16(8-11-3-4-11)14-6-5-12(9-17)7-13(14)15/h5-7,10-11,17H,3-4,8-9H2,1-2H3. The summed E-state index contributed by atoms with van der Waals surface area (Å²) in [4.78, 5) is 2.36. The topological polar surface area (TPSA) is 23.5 Å². The van der Waals surface area contributed by atoms with E-state index < -0.39 is 0 Å². The number of hydrogen-bond donors (Lipinski definition) is 1. The highest BCUT2D eigenvalue weighted by molar-refractivity contribution is 6.33. The number of nitrogens with zero attached hydrogens (tertiary/aromatic N) is 1. The molecule has 1 N–H and O–H groups in total. The van der Waals surface area contributed by atoms with Crippen LogP contribution in [0.5, 0.6) is 0 Å². The van der Waals surface area contributed by atoms with Crippen LogP contribution in [0.1, 0.15) is 32.3 Å². The molecule has 0 unspecified atom stereocenters. The van der Waals surface area contributed by atoms with E-state index in [4.69, 9.17) is 16.7 Å². The molecule has 0 atom stereocenters. The zero-order chi connectivity index (χ0) is 12.4. The maximum absolute atomic E-state index is 9.08. The first-order valence-corrected chi connectivity index (χ1v) is 6.65. The molecule has 1 saturated carbocycles. The Morgan fingerprint density at radius 1 is 1.41 bits per heavy atom. The summed E-state index contributed by atoms with van der Waals surface area (Å²) in [6.07, 6.45) is 2.69. The molecule has 0 spiro atoms. The van der Waals surface area contributed by atoms with Crippen molar-refractivity contribution < 1.29 is 5.11 Å². The molecule has 1 aromatic carbocycles. The number of benzene rings is 1. The van der Waals surface area contributed by atoms with Crippen molar-refractivity contribution >= 4 is 17.3 Å². The van der Waals surface area contributed by atoms with Gasteiger partial charge in [-0.1, -0.05) is 17.7 Å². The lowest BCUT2D eigenvalue weighted by Crippen LogP contribution is -2.32. The highest BCUT2D eigenvalue weighted by Gasteiger charge is 2.26. The van der Waals surface area contributed by atoms with Gasteiger partial charge in [0, 0.05) is 12.6 Å². The maximum atomic E-state index is 9.08.